The summed E-state index contributed by atoms with van der Waals surface area (Å²) in [6, 6.07) is 0. The first-order valence-corrected chi connectivity index (χ1v) is 21.3. The van der Waals surface area contributed by atoms with E-state index in [4.69, 9.17) is 5.73 Å². The molecule has 0 aliphatic carbocycles. The molecule has 47 heavy (non-hydrogen) atoms. The molecule has 0 radical (unpaired) electrons. The van der Waals surface area contributed by atoms with Crippen LogP contribution in [-0.2, 0) is 69.0 Å². The van der Waals surface area contributed by atoms with Crippen LogP contribution < -0.4 is 16.4 Å². The molecule has 2 heterocycles. The zero-order valence-electron chi connectivity index (χ0n) is 26.6. The zero-order chi connectivity index (χ0) is 35.8. The van der Waals surface area contributed by atoms with Crippen LogP contribution in [0.5, 0.6) is 0 Å². The van der Waals surface area contributed by atoms with Gasteiger partial charge in [0.2, 0.25) is 17.7 Å². The predicted octanol–water partition coefficient (Wildman–Crippen LogP) is 3.57. The maximum absolute atomic E-state index is 11.6. The third-order valence-corrected chi connectivity index (χ3v) is 10.7. The molecule has 0 bridgehead atoms. The monoisotopic (exact) mass is 761 g/mol. The number of allylic oxidation sites excluding steroid dienone is 1. The average molecular weight is 762 g/mol. The lowest BCUT2D eigenvalue weighted by molar-refractivity contribution is -0.137. The molecular weight excluding hydrogens is 719 g/mol. The Kier molecular flexibility index (Phi) is 25.0. The van der Waals surface area contributed by atoms with Crippen molar-refractivity contribution in [3.05, 3.63) is 36.6 Å². The van der Waals surface area contributed by atoms with Gasteiger partial charge in [-0.2, -0.15) is 0 Å². The minimum absolute atomic E-state index is 0.0328. The molecule has 12 nitrogen and oxygen atoms in total. The summed E-state index contributed by atoms with van der Waals surface area (Å²) in [6.45, 7) is 8.92. The van der Waals surface area contributed by atoms with E-state index in [1.807, 2.05) is 6.92 Å². The van der Waals surface area contributed by atoms with Gasteiger partial charge in [0.15, 0.2) is 5.52 Å². The van der Waals surface area contributed by atoms with Crippen molar-refractivity contribution in [3.63, 3.8) is 0 Å². The molecular formula is C29H42N5O7P3S3. The zero-order valence-corrected chi connectivity index (χ0v) is 31.7. The molecule has 258 valence electrons. The van der Waals surface area contributed by atoms with Gasteiger partial charge in [0.05, 0.1) is 7.36 Å². The predicted molar refractivity (Wildman–Crippen MR) is 194 cm³/mol. The Morgan fingerprint density at radius 1 is 0.745 bits per heavy atom. The summed E-state index contributed by atoms with van der Waals surface area (Å²) < 4.78 is 0. The lowest BCUT2D eigenvalue weighted by Crippen LogP contribution is -2.34. The number of nitrogens with zero attached hydrogens (tertiary/aromatic N) is 2. The normalized spacial score (nSPS) is 14.9. The standard InChI is InChI=1S/C15H23N3O3.C14H19N2O4PS.P2S2/c1-11(15(16)21)5-3-4-9-17-13(19)8-10-18-12(2)6-7-14(18)20;1-10(14(20)21-22)4-2-3-8-15-11(17)7-9-16-12(18)5-6-13(16)19;3-1-2-4/h6-7,11H,2-5,8-10H2,1H3,(H2,16,21)(H,17,19);5-6,10H,2-4,7-9H2,1H3,(H,15,17);/t11-;10-;/m00./s1. The van der Waals surface area contributed by atoms with Crippen LogP contribution in [-0.4, -0.2) is 76.9 Å². The number of carbonyl (C=O) groups is 7. The van der Waals surface area contributed by atoms with E-state index in [1.165, 1.54) is 23.1 Å². The molecule has 2 aliphatic rings. The molecule has 0 aromatic heterocycles. The second-order valence-electron chi connectivity index (χ2n) is 10.5. The van der Waals surface area contributed by atoms with Crippen LogP contribution in [0.4, 0.5) is 0 Å². The summed E-state index contributed by atoms with van der Waals surface area (Å²) in [5.41, 5.74) is 5.85. The summed E-state index contributed by atoms with van der Waals surface area (Å²) in [5, 5.41) is 5.53. The minimum Gasteiger partial charge on any atom is -0.369 e. The SMILES string of the molecule is C=C1C=CC(=O)N1CCC(=O)NCCCC[C@H](C)C(N)=O.C[C@@H](CCCCNC(=O)CCN1C(=O)C=CC1=O)C(=O)P=S.S=PP=S. The lowest BCUT2D eigenvalue weighted by atomic mass is 10.0. The van der Waals surface area contributed by atoms with Crippen LogP contribution in [0.3, 0.4) is 0 Å². The van der Waals surface area contributed by atoms with E-state index in [2.05, 4.69) is 52.6 Å². The van der Waals surface area contributed by atoms with Gasteiger partial charge < -0.3 is 21.3 Å². The Morgan fingerprint density at radius 3 is 1.57 bits per heavy atom. The molecule has 0 unspecified atom stereocenters. The number of hydrogen-bond acceptors (Lipinski definition) is 10. The van der Waals surface area contributed by atoms with Gasteiger partial charge in [-0.1, -0.05) is 33.3 Å². The largest absolute Gasteiger partial charge is 0.369 e. The topological polar surface area (TPSA) is 176 Å². The third kappa shape index (κ3) is 20.4. The highest BCUT2D eigenvalue weighted by Gasteiger charge is 2.23. The van der Waals surface area contributed by atoms with Crippen molar-refractivity contribution in [2.45, 2.75) is 65.2 Å². The number of unbranched alkanes of at least 4 members (excludes halogenated alkanes) is 2. The van der Waals surface area contributed by atoms with E-state index >= 15 is 0 Å². The first-order valence-electron chi connectivity index (χ1n) is 14.9. The number of amides is 6. The fourth-order valence-corrected chi connectivity index (χ4v) is 4.81. The smallest absolute Gasteiger partial charge is 0.253 e. The Labute approximate surface area is 296 Å². The number of hydrogen-bond donors (Lipinski definition) is 3. The Morgan fingerprint density at radius 2 is 1.17 bits per heavy atom. The van der Waals surface area contributed by atoms with E-state index in [0.29, 0.717) is 32.7 Å². The van der Waals surface area contributed by atoms with E-state index in [1.54, 1.807) is 13.0 Å². The molecule has 4 N–H and O–H groups in total. The molecule has 0 aromatic rings. The third-order valence-electron chi connectivity index (χ3n) is 6.86. The maximum atomic E-state index is 11.6. The van der Waals surface area contributed by atoms with E-state index in [0.717, 1.165) is 57.5 Å². The highest BCUT2D eigenvalue weighted by molar-refractivity contribution is 8.40. The highest BCUT2D eigenvalue weighted by Crippen LogP contribution is 2.15. The molecule has 0 saturated carbocycles. The number of primary amides is 1. The van der Waals surface area contributed by atoms with Gasteiger partial charge in [0, 0.05) is 88.9 Å². The Balaban J connectivity index is 0.000000808. The lowest BCUT2D eigenvalue weighted by Gasteiger charge is -2.16. The number of nitrogens with two attached hydrogens (primary N) is 1. The van der Waals surface area contributed by atoms with Crippen molar-refractivity contribution in [2.24, 2.45) is 17.6 Å². The average Bonchev–Trinajstić information content (AvgIpc) is 3.55. The molecule has 0 spiro atoms. The van der Waals surface area contributed by atoms with Crippen molar-refractivity contribution < 1.29 is 33.6 Å². The molecule has 0 saturated heterocycles. The van der Waals surface area contributed by atoms with Crippen LogP contribution in [0.2, 0.25) is 0 Å². The molecule has 0 aromatic carbocycles. The highest BCUT2D eigenvalue weighted by atomic mass is 32.7. The quantitative estimate of drug-likeness (QED) is 0.0945. The molecule has 2 atom stereocenters. The van der Waals surface area contributed by atoms with Gasteiger partial charge in [-0.05, 0) is 67.2 Å². The Bertz CT molecular complexity index is 1210. The number of imide groups is 1. The number of rotatable bonds is 20. The van der Waals surface area contributed by atoms with E-state index in [-0.39, 0.29) is 72.2 Å². The molecule has 2 aliphatic heterocycles. The van der Waals surface area contributed by atoms with Gasteiger partial charge in [-0.25, -0.2) is 0 Å². The van der Waals surface area contributed by atoms with Crippen LogP contribution in [0.25, 0.3) is 0 Å². The maximum Gasteiger partial charge on any atom is 0.253 e. The van der Waals surface area contributed by atoms with Gasteiger partial charge >= 0.3 is 0 Å². The van der Waals surface area contributed by atoms with Crippen LogP contribution in [0.1, 0.15) is 65.2 Å². The minimum atomic E-state index is -0.377. The van der Waals surface area contributed by atoms with Crippen molar-refractivity contribution in [3.8, 4) is 0 Å². The van der Waals surface area contributed by atoms with Crippen LogP contribution in [0, 0.1) is 11.8 Å². The van der Waals surface area contributed by atoms with Crippen molar-refractivity contribution in [2.75, 3.05) is 26.2 Å². The number of carbonyl (C=O) groups excluding carboxylic acids is 7. The fraction of sp³-hybridized carbons (Fsp3) is 0.552. The first-order chi connectivity index (χ1) is 22.3. The van der Waals surface area contributed by atoms with Crippen LogP contribution >= 0.6 is 21.4 Å². The van der Waals surface area contributed by atoms with Crippen molar-refractivity contribution >= 4 is 97.8 Å². The molecule has 2 rings (SSSR count). The summed E-state index contributed by atoms with van der Waals surface area (Å²) in [5.74, 6) is -1.62. The van der Waals surface area contributed by atoms with Crippen molar-refractivity contribution in [1.29, 1.82) is 0 Å². The van der Waals surface area contributed by atoms with Gasteiger partial charge in [0.1, 0.15) is 0 Å². The fourth-order valence-electron chi connectivity index (χ4n) is 3.96. The van der Waals surface area contributed by atoms with E-state index < -0.39 is 0 Å². The summed E-state index contributed by atoms with van der Waals surface area (Å²) in [7, 11) is 2.12. The number of nitrogens with one attached hydrogen (secondary N) is 2. The second-order valence-corrected chi connectivity index (χ2v) is 15.9. The van der Waals surface area contributed by atoms with Gasteiger partial charge in [0.25, 0.3) is 17.7 Å². The van der Waals surface area contributed by atoms with Crippen molar-refractivity contribution in [1.82, 2.24) is 20.4 Å². The summed E-state index contributed by atoms with van der Waals surface area (Å²) in [4.78, 5) is 81.9. The second kappa shape index (κ2) is 26.4. The van der Waals surface area contributed by atoms with Gasteiger partial charge in [-0.15, -0.1) is 0 Å². The molecule has 6 amide bonds. The van der Waals surface area contributed by atoms with E-state index in [9.17, 15) is 33.6 Å². The first kappa shape index (κ1) is 44.5. The summed E-state index contributed by atoms with van der Waals surface area (Å²) >= 11 is 13.5. The molecule has 18 heteroatoms. The summed E-state index contributed by atoms with van der Waals surface area (Å²) in [6.07, 6.45) is 10.6. The van der Waals surface area contributed by atoms with Gasteiger partial charge in [-0.3, -0.25) is 38.5 Å². The molecule has 0 fully saturated rings. The Hall–Kier alpha value is -2.53. The van der Waals surface area contributed by atoms with Crippen LogP contribution in [0.15, 0.2) is 36.6 Å².